The van der Waals surface area contributed by atoms with E-state index in [9.17, 15) is 0 Å². The first-order valence-electron chi connectivity index (χ1n) is 10.2. The fraction of sp³-hybridized carbons (Fsp3) is 0.714. The lowest BCUT2D eigenvalue weighted by Gasteiger charge is -2.34. The summed E-state index contributed by atoms with van der Waals surface area (Å²) in [6.45, 7) is 16.3. The van der Waals surface area contributed by atoms with E-state index in [2.05, 4.69) is 37.5 Å². The summed E-state index contributed by atoms with van der Waals surface area (Å²) in [4.78, 5) is 7.97. The molecule has 0 N–H and O–H groups in total. The van der Waals surface area contributed by atoms with Crippen LogP contribution in [0.4, 0.5) is 0 Å². The normalized spacial score (nSPS) is 24.0. The average molecular weight is 427 g/mol. The average Bonchev–Trinajstić information content (AvgIpc) is 3.05. The minimum Gasteiger partial charge on any atom is -0.410 e. The zero-order chi connectivity index (χ0) is 20.1. The summed E-state index contributed by atoms with van der Waals surface area (Å²) >= 11 is 13.0. The second kappa shape index (κ2) is 9.74. The molecule has 0 spiro atoms. The van der Waals surface area contributed by atoms with E-state index in [1.54, 1.807) is 12.4 Å². The highest BCUT2D eigenvalue weighted by Gasteiger charge is 2.41. The third kappa shape index (κ3) is 5.47. The molecule has 1 aromatic rings. The van der Waals surface area contributed by atoms with E-state index in [4.69, 9.17) is 34.2 Å². The SMILES string of the molecule is [C-]#[N+]C1(C)CCC(CCC(O[Si](CC)(CC)CC)c2c(Cl)cncc2Cl)C1. The molecule has 0 bridgehead atoms. The molecule has 1 aliphatic carbocycles. The van der Waals surface area contributed by atoms with Crippen molar-refractivity contribution in [3.8, 4) is 0 Å². The molecule has 0 saturated heterocycles. The second-order valence-electron chi connectivity index (χ2n) is 8.16. The Morgan fingerprint density at radius 1 is 1.26 bits per heavy atom. The van der Waals surface area contributed by atoms with Gasteiger partial charge in [-0.1, -0.05) is 44.0 Å². The smallest absolute Gasteiger partial charge is 0.230 e. The van der Waals surface area contributed by atoms with Crippen LogP contribution in [-0.4, -0.2) is 18.8 Å². The van der Waals surface area contributed by atoms with E-state index < -0.39 is 8.32 Å². The van der Waals surface area contributed by atoms with E-state index in [0.29, 0.717) is 16.0 Å². The molecule has 0 radical (unpaired) electrons. The van der Waals surface area contributed by atoms with Crippen LogP contribution in [0.2, 0.25) is 28.2 Å². The van der Waals surface area contributed by atoms with E-state index >= 15 is 0 Å². The predicted octanol–water partition coefficient (Wildman–Crippen LogP) is 7.71. The van der Waals surface area contributed by atoms with Gasteiger partial charge in [0.15, 0.2) is 8.32 Å². The molecule has 27 heavy (non-hydrogen) atoms. The lowest BCUT2D eigenvalue weighted by atomic mass is 9.94. The number of hydrogen-bond acceptors (Lipinski definition) is 2. The fourth-order valence-corrected chi connectivity index (χ4v) is 7.82. The molecule has 1 aliphatic rings. The Bertz CT molecular complexity index is 646. The fourth-order valence-electron chi connectivity index (χ4n) is 4.37. The molecule has 0 amide bonds. The monoisotopic (exact) mass is 426 g/mol. The second-order valence-corrected chi connectivity index (χ2v) is 13.7. The molecule has 1 heterocycles. The van der Waals surface area contributed by atoms with Crippen LogP contribution in [-0.2, 0) is 4.43 Å². The maximum atomic E-state index is 7.45. The van der Waals surface area contributed by atoms with Gasteiger partial charge in [-0.15, -0.1) is 0 Å². The Balaban J connectivity index is 2.22. The lowest BCUT2D eigenvalue weighted by molar-refractivity contribution is 0.168. The molecule has 6 heteroatoms. The highest BCUT2D eigenvalue weighted by atomic mass is 35.5. The first kappa shape index (κ1) is 22.7. The Kier molecular flexibility index (Phi) is 8.18. The molecule has 0 aromatic carbocycles. The molecule has 3 nitrogen and oxygen atoms in total. The molecular formula is C21H32Cl2N2OSi. The lowest BCUT2D eigenvalue weighted by Crippen LogP contribution is -2.37. The summed E-state index contributed by atoms with van der Waals surface area (Å²) in [5.74, 6) is 0.579. The maximum Gasteiger partial charge on any atom is 0.230 e. The van der Waals surface area contributed by atoms with Gasteiger partial charge >= 0.3 is 0 Å². The summed E-state index contributed by atoms with van der Waals surface area (Å²) in [5.41, 5.74) is 0.716. The molecule has 1 fully saturated rings. The van der Waals surface area contributed by atoms with Crippen molar-refractivity contribution in [2.24, 2.45) is 5.92 Å². The van der Waals surface area contributed by atoms with Crippen LogP contribution in [0.1, 0.15) is 71.5 Å². The number of pyridine rings is 1. The maximum absolute atomic E-state index is 7.45. The number of halogens is 2. The Morgan fingerprint density at radius 3 is 2.33 bits per heavy atom. The molecule has 1 aromatic heterocycles. The van der Waals surface area contributed by atoms with E-state index in [1.807, 2.05) is 0 Å². The summed E-state index contributed by atoms with van der Waals surface area (Å²) in [7, 11) is -1.81. The van der Waals surface area contributed by atoms with Crippen molar-refractivity contribution in [3.63, 3.8) is 0 Å². The largest absolute Gasteiger partial charge is 0.410 e. The minimum atomic E-state index is -1.81. The van der Waals surface area contributed by atoms with Crippen LogP contribution in [0, 0.1) is 12.5 Å². The van der Waals surface area contributed by atoms with E-state index in [0.717, 1.165) is 55.8 Å². The molecule has 1 saturated carbocycles. The van der Waals surface area contributed by atoms with Crippen LogP contribution < -0.4 is 0 Å². The first-order chi connectivity index (χ1) is 12.8. The Labute approximate surface area is 175 Å². The van der Waals surface area contributed by atoms with Gasteiger partial charge in [-0.05, 0) is 43.3 Å². The van der Waals surface area contributed by atoms with Crippen molar-refractivity contribution in [3.05, 3.63) is 39.4 Å². The molecular weight excluding hydrogens is 395 g/mol. The third-order valence-electron chi connectivity index (χ3n) is 6.46. The molecule has 0 aliphatic heterocycles. The molecule has 2 rings (SSSR count). The van der Waals surface area contributed by atoms with E-state index in [-0.39, 0.29) is 11.6 Å². The van der Waals surface area contributed by atoms with Crippen molar-refractivity contribution in [1.29, 1.82) is 0 Å². The van der Waals surface area contributed by atoms with Crippen molar-refractivity contribution >= 4 is 31.5 Å². The molecule has 3 unspecified atom stereocenters. The van der Waals surface area contributed by atoms with Crippen molar-refractivity contribution in [2.75, 3.05) is 0 Å². The summed E-state index contributed by atoms with van der Waals surface area (Å²) < 4.78 is 6.85. The van der Waals surface area contributed by atoms with Gasteiger partial charge in [-0.25, -0.2) is 6.57 Å². The highest BCUT2D eigenvalue weighted by Crippen LogP contribution is 2.43. The van der Waals surface area contributed by atoms with Gasteiger partial charge in [0.1, 0.15) is 0 Å². The Hall–Kier alpha value is -0.603. The van der Waals surface area contributed by atoms with Crippen LogP contribution in [0.5, 0.6) is 0 Å². The van der Waals surface area contributed by atoms with Crippen LogP contribution in [0.3, 0.4) is 0 Å². The van der Waals surface area contributed by atoms with Crippen LogP contribution in [0.15, 0.2) is 12.4 Å². The zero-order valence-corrected chi connectivity index (χ0v) is 19.5. The van der Waals surface area contributed by atoms with Gasteiger partial charge in [0.25, 0.3) is 0 Å². The van der Waals surface area contributed by atoms with Crippen LogP contribution in [0.25, 0.3) is 4.85 Å². The Morgan fingerprint density at radius 2 is 1.85 bits per heavy atom. The number of hydrogen-bond donors (Lipinski definition) is 0. The van der Waals surface area contributed by atoms with Gasteiger partial charge in [0.2, 0.25) is 5.54 Å². The topological polar surface area (TPSA) is 26.5 Å². The third-order valence-corrected chi connectivity index (χ3v) is 11.7. The number of aromatic nitrogens is 1. The van der Waals surface area contributed by atoms with Gasteiger partial charge in [-0.3, -0.25) is 4.98 Å². The number of rotatable bonds is 9. The minimum absolute atomic E-state index is 0.0840. The molecule has 3 atom stereocenters. The predicted molar refractivity (Wildman–Crippen MR) is 117 cm³/mol. The van der Waals surface area contributed by atoms with Crippen LogP contribution >= 0.6 is 23.2 Å². The van der Waals surface area contributed by atoms with Gasteiger partial charge < -0.3 is 9.27 Å². The summed E-state index contributed by atoms with van der Waals surface area (Å²) in [6.07, 6.45) is 8.31. The molecule has 150 valence electrons. The first-order valence-corrected chi connectivity index (χ1v) is 13.5. The van der Waals surface area contributed by atoms with Gasteiger partial charge in [0, 0.05) is 37.7 Å². The standard InChI is InChI=1S/C21H32Cl2N2OSi/c1-6-27(7-2,8-3)26-19(20-17(22)14-25-15-18(20)23)10-9-16-11-12-21(4,13-16)24-5/h14-16,19H,6-13H2,1-4H3. The van der Waals surface area contributed by atoms with Crippen molar-refractivity contribution in [1.82, 2.24) is 4.98 Å². The highest BCUT2D eigenvalue weighted by molar-refractivity contribution is 6.73. The number of nitrogens with zero attached hydrogens (tertiary/aromatic N) is 2. The zero-order valence-electron chi connectivity index (χ0n) is 17.0. The summed E-state index contributed by atoms with van der Waals surface area (Å²) in [6, 6.07) is 3.28. The summed E-state index contributed by atoms with van der Waals surface area (Å²) in [5, 5.41) is 1.19. The quantitative estimate of drug-likeness (QED) is 0.298. The van der Waals surface area contributed by atoms with Crippen molar-refractivity contribution < 1.29 is 4.43 Å². The van der Waals surface area contributed by atoms with Gasteiger partial charge in [-0.2, -0.15) is 0 Å². The van der Waals surface area contributed by atoms with Crippen molar-refractivity contribution in [2.45, 2.75) is 89.6 Å². The van der Waals surface area contributed by atoms with E-state index in [1.165, 1.54) is 0 Å². The van der Waals surface area contributed by atoms with Gasteiger partial charge in [0.05, 0.1) is 16.1 Å².